The fourth-order valence-electron chi connectivity index (χ4n) is 1.28. The van der Waals surface area contributed by atoms with Crippen LogP contribution in [0.15, 0.2) is 12.3 Å². The summed E-state index contributed by atoms with van der Waals surface area (Å²) in [6, 6.07) is 1.81. The van der Waals surface area contributed by atoms with Crippen molar-refractivity contribution >= 4 is 15.8 Å². The van der Waals surface area contributed by atoms with Gasteiger partial charge in [0.2, 0.25) is 0 Å². The minimum atomic E-state index is -3.40. The number of hydrogen-bond donors (Lipinski definition) is 1. The number of carbonyl (C=O) groups is 1. The summed E-state index contributed by atoms with van der Waals surface area (Å²) in [5.74, 6) is -1.67. The Morgan fingerprint density at radius 1 is 1.53 bits per heavy atom. The van der Waals surface area contributed by atoms with E-state index in [4.69, 9.17) is 5.11 Å². The van der Waals surface area contributed by atoms with Crippen LogP contribution in [0.3, 0.4) is 0 Å². The number of carboxylic acids is 1. The molecule has 0 aliphatic carbocycles. The first-order chi connectivity index (χ1) is 7.80. The first kappa shape index (κ1) is 13.7. The smallest absolute Gasteiger partial charge is 0.304 e. The molecular formula is C10H16N2O4S. The van der Waals surface area contributed by atoms with Gasteiger partial charge in [0.1, 0.15) is 0 Å². The van der Waals surface area contributed by atoms with Gasteiger partial charge in [-0.1, -0.05) is 0 Å². The Balaban J connectivity index is 2.66. The molecule has 6 nitrogen and oxygen atoms in total. The predicted molar refractivity (Wildman–Crippen MR) is 62.4 cm³/mol. The van der Waals surface area contributed by atoms with Gasteiger partial charge in [-0.05, 0) is 19.9 Å². The number of hydrogen-bond acceptors (Lipinski definition) is 4. The SMILES string of the molecule is CC(C)n1ccc(CS(=O)(=O)CCC(=O)O)n1. The van der Waals surface area contributed by atoms with Gasteiger partial charge in [0, 0.05) is 12.2 Å². The van der Waals surface area contributed by atoms with E-state index < -0.39 is 15.8 Å². The van der Waals surface area contributed by atoms with Gasteiger partial charge in [-0.3, -0.25) is 9.48 Å². The largest absolute Gasteiger partial charge is 0.481 e. The molecule has 0 spiro atoms. The van der Waals surface area contributed by atoms with Crippen LogP contribution in [0.4, 0.5) is 0 Å². The maximum Gasteiger partial charge on any atom is 0.304 e. The van der Waals surface area contributed by atoms with E-state index in [0.29, 0.717) is 5.69 Å². The maximum atomic E-state index is 11.6. The first-order valence-electron chi connectivity index (χ1n) is 5.26. The lowest BCUT2D eigenvalue weighted by molar-refractivity contribution is -0.136. The van der Waals surface area contributed by atoms with Crippen molar-refractivity contribution in [3.05, 3.63) is 18.0 Å². The second kappa shape index (κ2) is 5.31. The van der Waals surface area contributed by atoms with E-state index in [0.717, 1.165) is 0 Å². The van der Waals surface area contributed by atoms with Crippen LogP contribution >= 0.6 is 0 Å². The van der Waals surface area contributed by atoms with E-state index in [1.54, 1.807) is 16.9 Å². The highest BCUT2D eigenvalue weighted by Crippen LogP contribution is 2.08. The van der Waals surface area contributed by atoms with Gasteiger partial charge in [-0.25, -0.2) is 8.42 Å². The molecule has 0 amide bonds. The van der Waals surface area contributed by atoms with Crippen molar-refractivity contribution in [2.45, 2.75) is 32.1 Å². The van der Waals surface area contributed by atoms with E-state index in [1.165, 1.54) is 0 Å². The molecular weight excluding hydrogens is 244 g/mol. The van der Waals surface area contributed by atoms with Crippen molar-refractivity contribution in [3.8, 4) is 0 Å². The van der Waals surface area contributed by atoms with Crippen LogP contribution in [0.5, 0.6) is 0 Å². The van der Waals surface area contributed by atoms with Crippen LogP contribution in [0.2, 0.25) is 0 Å². The van der Waals surface area contributed by atoms with Gasteiger partial charge in [0.15, 0.2) is 9.84 Å². The molecule has 0 unspecified atom stereocenters. The average molecular weight is 260 g/mol. The molecule has 1 heterocycles. The lowest BCUT2D eigenvalue weighted by Gasteiger charge is -2.04. The third kappa shape index (κ3) is 4.56. The molecule has 0 aliphatic heterocycles. The van der Waals surface area contributed by atoms with Gasteiger partial charge in [0.25, 0.3) is 0 Å². The third-order valence-electron chi connectivity index (χ3n) is 2.19. The minimum absolute atomic E-state index is 0.172. The molecule has 1 aromatic heterocycles. The van der Waals surface area contributed by atoms with E-state index in [-0.39, 0.29) is 24.0 Å². The lowest BCUT2D eigenvalue weighted by Crippen LogP contribution is -2.13. The zero-order valence-electron chi connectivity index (χ0n) is 9.83. The van der Waals surface area contributed by atoms with E-state index in [1.807, 2.05) is 13.8 Å². The van der Waals surface area contributed by atoms with E-state index in [2.05, 4.69) is 5.10 Å². The number of aliphatic carboxylic acids is 1. The summed E-state index contributed by atoms with van der Waals surface area (Å²) in [5, 5.41) is 12.5. The lowest BCUT2D eigenvalue weighted by atomic mass is 10.4. The number of carboxylic acid groups (broad SMARTS) is 1. The fourth-order valence-corrected chi connectivity index (χ4v) is 2.52. The van der Waals surface area contributed by atoms with Crippen molar-refractivity contribution in [2.75, 3.05) is 5.75 Å². The Labute approximate surface area is 100 Å². The number of nitrogens with zero attached hydrogens (tertiary/aromatic N) is 2. The molecule has 1 aromatic rings. The summed E-state index contributed by atoms with van der Waals surface area (Å²) < 4.78 is 24.8. The van der Waals surface area contributed by atoms with Gasteiger partial charge in [-0.15, -0.1) is 0 Å². The van der Waals surface area contributed by atoms with Crippen LogP contribution in [-0.4, -0.2) is 35.0 Å². The average Bonchev–Trinajstić information content (AvgIpc) is 2.63. The summed E-state index contributed by atoms with van der Waals surface area (Å²) in [7, 11) is -3.40. The summed E-state index contributed by atoms with van der Waals surface area (Å²) in [5.41, 5.74) is 0.448. The molecule has 0 bridgehead atoms. The molecule has 0 atom stereocenters. The summed E-state index contributed by atoms with van der Waals surface area (Å²) in [4.78, 5) is 10.3. The summed E-state index contributed by atoms with van der Waals surface area (Å²) in [6.07, 6.45) is 1.35. The molecule has 1 N–H and O–H groups in total. The monoisotopic (exact) mass is 260 g/mol. The minimum Gasteiger partial charge on any atom is -0.481 e. The normalized spacial score (nSPS) is 11.9. The van der Waals surface area contributed by atoms with Gasteiger partial charge in [0.05, 0.1) is 23.6 Å². The van der Waals surface area contributed by atoms with Crippen LogP contribution < -0.4 is 0 Å². The molecule has 96 valence electrons. The molecule has 0 aromatic carbocycles. The molecule has 17 heavy (non-hydrogen) atoms. The van der Waals surface area contributed by atoms with Crippen molar-refractivity contribution in [1.82, 2.24) is 9.78 Å². The highest BCUT2D eigenvalue weighted by molar-refractivity contribution is 7.90. The highest BCUT2D eigenvalue weighted by Gasteiger charge is 2.16. The zero-order valence-corrected chi connectivity index (χ0v) is 10.6. The van der Waals surface area contributed by atoms with Crippen LogP contribution in [0.25, 0.3) is 0 Å². The van der Waals surface area contributed by atoms with Crippen LogP contribution in [-0.2, 0) is 20.4 Å². The standard InChI is InChI=1S/C10H16N2O4S/c1-8(2)12-5-3-9(11-12)7-17(15,16)6-4-10(13)14/h3,5,8H,4,6-7H2,1-2H3,(H,13,14). The molecule has 0 saturated carbocycles. The zero-order chi connectivity index (χ0) is 13.1. The fraction of sp³-hybridized carbons (Fsp3) is 0.600. The first-order valence-corrected chi connectivity index (χ1v) is 7.08. The van der Waals surface area contributed by atoms with Crippen molar-refractivity contribution in [1.29, 1.82) is 0 Å². The van der Waals surface area contributed by atoms with Gasteiger partial charge in [-0.2, -0.15) is 5.10 Å². The Morgan fingerprint density at radius 3 is 2.65 bits per heavy atom. The predicted octanol–water partition coefficient (Wildman–Crippen LogP) is 0.854. The van der Waals surface area contributed by atoms with Crippen molar-refractivity contribution < 1.29 is 18.3 Å². The second-order valence-corrected chi connectivity index (χ2v) is 6.30. The highest BCUT2D eigenvalue weighted by atomic mass is 32.2. The Hall–Kier alpha value is -1.37. The molecule has 0 saturated heterocycles. The Bertz CT molecular complexity index is 490. The van der Waals surface area contributed by atoms with Gasteiger partial charge < -0.3 is 5.11 Å². The number of sulfone groups is 1. The number of rotatable bonds is 6. The van der Waals surface area contributed by atoms with Crippen LogP contribution in [0, 0.1) is 0 Å². The maximum absolute atomic E-state index is 11.6. The Morgan fingerprint density at radius 2 is 2.18 bits per heavy atom. The Kier molecular flexibility index (Phi) is 4.28. The topological polar surface area (TPSA) is 89.3 Å². The van der Waals surface area contributed by atoms with Crippen molar-refractivity contribution in [3.63, 3.8) is 0 Å². The summed E-state index contributed by atoms with van der Waals surface area (Å²) in [6.45, 7) is 3.88. The second-order valence-electron chi connectivity index (χ2n) is 4.12. The molecule has 0 aliphatic rings. The van der Waals surface area contributed by atoms with Crippen LogP contribution in [0.1, 0.15) is 32.0 Å². The molecule has 7 heteroatoms. The molecule has 1 rings (SSSR count). The quantitative estimate of drug-likeness (QED) is 0.819. The van der Waals surface area contributed by atoms with Gasteiger partial charge >= 0.3 is 5.97 Å². The third-order valence-corrected chi connectivity index (χ3v) is 3.75. The van der Waals surface area contributed by atoms with Crippen molar-refractivity contribution in [2.24, 2.45) is 0 Å². The summed E-state index contributed by atoms with van der Waals surface area (Å²) >= 11 is 0. The molecule has 0 radical (unpaired) electrons. The van der Waals surface area contributed by atoms with E-state index >= 15 is 0 Å². The van der Waals surface area contributed by atoms with E-state index in [9.17, 15) is 13.2 Å². The molecule has 0 fully saturated rings. The number of aromatic nitrogens is 2.